The van der Waals surface area contributed by atoms with Crippen LogP contribution >= 0.6 is 35.4 Å². The number of thiocarbonyl (C=S) groups is 1. The van der Waals surface area contributed by atoms with Crippen LogP contribution in [0, 0.1) is 0 Å². The van der Waals surface area contributed by atoms with Crippen LogP contribution in [0.5, 0.6) is 0 Å². The van der Waals surface area contributed by atoms with Gasteiger partial charge in [0.2, 0.25) is 0 Å². The molecule has 0 bridgehead atoms. The lowest BCUT2D eigenvalue weighted by Crippen LogP contribution is -2.34. The average molecular weight is 353 g/mol. The molecular weight excluding hydrogens is 335 g/mol. The van der Waals surface area contributed by atoms with Gasteiger partial charge in [-0.3, -0.25) is 0 Å². The van der Waals surface area contributed by atoms with Crippen LogP contribution in [0.1, 0.15) is 18.9 Å². The van der Waals surface area contributed by atoms with Crippen molar-refractivity contribution in [3.63, 3.8) is 0 Å². The minimum Gasteiger partial charge on any atom is -0.345 e. The molecule has 0 saturated carbocycles. The fourth-order valence-electron chi connectivity index (χ4n) is 2.10. The lowest BCUT2D eigenvalue weighted by molar-refractivity contribution is 0.418. The zero-order valence-corrected chi connectivity index (χ0v) is 14.7. The van der Waals surface area contributed by atoms with E-state index in [0.717, 1.165) is 25.2 Å². The SMILES string of the molecule is CCCN(Cc1ccccc1)C(=S)Nc1ccc(Cl)c(Cl)c1. The number of hydrogen-bond donors (Lipinski definition) is 1. The highest BCUT2D eigenvalue weighted by Gasteiger charge is 2.10. The third kappa shape index (κ3) is 4.87. The van der Waals surface area contributed by atoms with E-state index in [1.54, 1.807) is 12.1 Å². The largest absolute Gasteiger partial charge is 0.345 e. The number of hydrogen-bond acceptors (Lipinski definition) is 1. The predicted molar refractivity (Wildman–Crippen MR) is 99.8 cm³/mol. The average Bonchev–Trinajstić information content (AvgIpc) is 2.51. The van der Waals surface area contributed by atoms with Crippen molar-refractivity contribution < 1.29 is 0 Å². The fourth-order valence-corrected chi connectivity index (χ4v) is 2.67. The Hall–Kier alpha value is -1.29. The van der Waals surface area contributed by atoms with Gasteiger partial charge in [-0.05, 0) is 42.4 Å². The second-order valence-corrected chi connectivity index (χ2v) is 6.17. The Morgan fingerprint density at radius 2 is 1.82 bits per heavy atom. The van der Waals surface area contributed by atoms with Gasteiger partial charge in [0.15, 0.2) is 5.11 Å². The van der Waals surface area contributed by atoms with Crippen molar-refractivity contribution in [2.45, 2.75) is 19.9 Å². The normalized spacial score (nSPS) is 10.3. The topological polar surface area (TPSA) is 15.3 Å². The van der Waals surface area contributed by atoms with Crippen LogP contribution in [0.15, 0.2) is 48.5 Å². The van der Waals surface area contributed by atoms with E-state index in [4.69, 9.17) is 35.4 Å². The molecule has 0 atom stereocenters. The summed E-state index contributed by atoms with van der Waals surface area (Å²) in [6.07, 6.45) is 1.02. The third-order valence-corrected chi connectivity index (χ3v) is 4.27. The summed E-state index contributed by atoms with van der Waals surface area (Å²) in [5, 5.41) is 4.96. The van der Waals surface area contributed by atoms with E-state index in [-0.39, 0.29) is 0 Å². The first kappa shape index (κ1) is 17.1. The van der Waals surface area contributed by atoms with Gasteiger partial charge in [-0.15, -0.1) is 0 Å². The summed E-state index contributed by atoms with van der Waals surface area (Å²) in [6.45, 7) is 3.81. The highest BCUT2D eigenvalue weighted by atomic mass is 35.5. The number of halogens is 2. The first-order valence-electron chi connectivity index (χ1n) is 7.15. The molecule has 2 aromatic carbocycles. The summed E-state index contributed by atoms with van der Waals surface area (Å²) in [5.74, 6) is 0. The zero-order chi connectivity index (χ0) is 15.9. The van der Waals surface area contributed by atoms with Crippen LogP contribution in [-0.2, 0) is 6.54 Å². The van der Waals surface area contributed by atoms with Gasteiger partial charge in [-0.1, -0.05) is 60.5 Å². The van der Waals surface area contributed by atoms with Crippen LogP contribution in [0.3, 0.4) is 0 Å². The number of rotatable bonds is 5. The molecule has 0 aliphatic carbocycles. The summed E-state index contributed by atoms with van der Waals surface area (Å²) in [4.78, 5) is 2.15. The molecule has 22 heavy (non-hydrogen) atoms. The van der Waals surface area contributed by atoms with E-state index in [0.29, 0.717) is 15.2 Å². The Morgan fingerprint density at radius 1 is 1.09 bits per heavy atom. The lowest BCUT2D eigenvalue weighted by Gasteiger charge is -2.25. The van der Waals surface area contributed by atoms with Gasteiger partial charge < -0.3 is 10.2 Å². The van der Waals surface area contributed by atoms with E-state index in [9.17, 15) is 0 Å². The summed E-state index contributed by atoms with van der Waals surface area (Å²) >= 11 is 17.5. The van der Waals surface area contributed by atoms with Crippen molar-refractivity contribution in [3.05, 3.63) is 64.1 Å². The molecule has 2 nitrogen and oxygen atoms in total. The molecule has 0 aliphatic rings. The molecule has 2 aromatic rings. The zero-order valence-electron chi connectivity index (χ0n) is 12.4. The fraction of sp³-hybridized carbons (Fsp3) is 0.235. The molecule has 116 valence electrons. The minimum absolute atomic E-state index is 0.513. The van der Waals surface area contributed by atoms with Gasteiger partial charge in [0.05, 0.1) is 10.0 Å². The van der Waals surface area contributed by atoms with Gasteiger partial charge in [0.1, 0.15) is 0 Å². The second kappa shape index (κ2) is 8.37. The van der Waals surface area contributed by atoms with Crippen LogP contribution in [0.4, 0.5) is 5.69 Å². The molecule has 1 N–H and O–H groups in total. The maximum atomic E-state index is 6.04. The quantitative estimate of drug-likeness (QED) is 0.704. The molecule has 0 saturated heterocycles. The van der Waals surface area contributed by atoms with Crippen LogP contribution in [-0.4, -0.2) is 16.6 Å². The third-order valence-electron chi connectivity index (χ3n) is 3.17. The Balaban J connectivity index is 2.07. The standard InChI is InChI=1S/C17H18Cl2N2S/c1-2-10-21(12-13-6-4-3-5-7-13)17(22)20-14-8-9-15(18)16(19)11-14/h3-9,11H,2,10,12H2,1H3,(H,20,22). The summed E-state index contributed by atoms with van der Waals surface area (Å²) < 4.78 is 0. The van der Waals surface area contributed by atoms with Crippen LogP contribution < -0.4 is 5.32 Å². The van der Waals surface area contributed by atoms with E-state index in [1.807, 2.05) is 24.3 Å². The van der Waals surface area contributed by atoms with E-state index >= 15 is 0 Å². The lowest BCUT2D eigenvalue weighted by atomic mass is 10.2. The molecule has 0 unspecified atom stereocenters. The summed E-state index contributed by atoms with van der Waals surface area (Å²) in [7, 11) is 0. The number of nitrogens with one attached hydrogen (secondary N) is 1. The second-order valence-electron chi connectivity index (χ2n) is 4.97. The molecule has 5 heteroatoms. The van der Waals surface area contributed by atoms with E-state index in [1.165, 1.54) is 5.56 Å². The number of benzene rings is 2. The van der Waals surface area contributed by atoms with Crippen LogP contribution in [0.2, 0.25) is 10.0 Å². The Bertz CT molecular complexity index is 632. The molecule has 2 rings (SSSR count). The van der Waals surface area contributed by atoms with Crippen molar-refractivity contribution in [2.24, 2.45) is 0 Å². The Kier molecular flexibility index (Phi) is 6.49. The molecule has 0 amide bonds. The Labute approximate surface area is 147 Å². The molecule has 0 aromatic heterocycles. The molecule has 0 spiro atoms. The van der Waals surface area contributed by atoms with Crippen molar-refractivity contribution in [1.82, 2.24) is 4.90 Å². The van der Waals surface area contributed by atoms with Gasteiger partial charge in [0.25, 0.3) is 0 Å². The number of anilines is 1. The van der Waals surface area contributed by atoms with Crippen molar-refractivity contribution in [3.8, 4) is 0 Å². The molecule has 0 radical (unpaired) electrons. The monoisotopic (exact) mass is 352 g/mol. The maximum absolute atomic E-state index is 6.04. The molecular formula is C17H18Cl2N2S. The Morgan fingerprint density at radius 3 is 2.45 bits per heavy atom. The molecule has 0 heterocycles. The maximum Gasteiger partial charge on any atom is 0.173 e. The van der Waals surface area contributed by atoms with E-state index < -0.39 is 0 Å². The molecule has 0 fully saturated rings. The smallest absolute Gasteiger partial charge is 0.173 e. The van der Waals surface area contributed by atoms with Crippen molar-refractivity contribution in [2.75, 3.05) is 11.9 Å². The van der Waals surface area contributed by atoms with Crippen molar-refractivity contribution >= 4 is 46.2 Å². The van der Waals surface area contributed by atoms with Gasteiger partial charge in [-0.25, -0.2) is 0 Å². The summed E-state index contributed by atoms with van der Waals surface area (Å²) in [6, 6.07) is 15.7. The van der Waals surface area contributed by atoms with Crippen molar-refractivity contribution in [1.29, 1.82) is 0 Å². The molecule has 0 aliphatic heterocycles. The highest BCUT2D eigenvalue weighted by Crippen LogP contribution is 2.25. The first-order valence-corrected chi connectivity index (χ1v) is 8.31. The first-order chi connectivity index (χ1) is 10.6. The van der Waals surface area contributed by atoms with Gasteiger partial charge >= 0.3 is 0 Å². The number of nitrogens with zero attached hydrogens (tertiary/aromatic N) is 1. The van der Waals surface area contributed by atoms with E-state index in [2.05, 4.69) is 29.3 Å². The van der Waals surface area contributed by atoms with Gasteiger partial charge in [0, 0.05) is 18.8 Å². The highest BCUT2D eigenvalue weighted by molar-refractivity contribution is 7.80. The minimum atomic E-state index is 0.513. The summed E-state index contributed by atoms with van der Waals surface area (Å²) in [5.41, 5.74) is 2.07. The predicted octanol–water partition coefficient (Wildman–Crippen LogP) is 5.60. The van der Waals surface area contributed by atoms with Crippen LogP contribution in [0.25, 0.3) is 0 Å². The van der Waals surface area contributed by atoms with Gasteiger partial charge in [-0.2, -0.15) is 0 Å².